The fourth-order valence-corrected chi connectivity index (χ4v) is 2.44. The lowest BCUT2D eigenvalue weighted by atomic mass is 10.1. The molecule has 0 saturated heterocycles. The highest BCUT2D eigenvalue weighted by Crippen LogP contribution is 2.33. The summed E-state index contributed by atoms with van der Waals surface area (Å²) in [5.74, 6) is 0.482. The fourth-order valence-electron chi connectivity index (χ4n) is 1.85. The van der Waals surface area contributed by atoms with Crippen molar-refractivity contribution in [3.63, 3.8) is 0 Å². The average Bonchev–Trinajstić information content (AvgIpc) is 2.37. The van der Waals surface area contributed by atoms with Gasteiger partial charge in [-0.15, -0.1) is 0 Å². The van der Waals surface area contributed by atoms with E-state index in [1.165, 1.54) is 5.56 Å². The lowest BCUT2D eigenvalue weighted by Crippen LogP contribution is -2.00. The summed E-state index contributed by atoms with van der Waals surface area (Å²) in [6, 6.07) is 11.3. The Morgan fingerprint density at radius 3 is 2.63 bits per heavy atom. The predicted molar refractivity (Wildman–Crippen MR) is 77.9 cm³/mol. The summed E-state index contributed by atoms with van der Waals surface area (Å²) in [5, 5.41) is 10.2. The van der Waals surface area contributed by atoms with Crippen molar-refractivity contribution in [2.45, 2.75) is 20.1 Å². The van der Waals surface area contributed by atoms with Crippen molar-refractivity contribution in [2.75, 3.05) is 0 Å². The largest absolute Gasteiger partial charge is 0.487 e. The van der Waals surface area contributed by atoms with Crippen LogP contribution in [0.5, 0.6) is 5.75 Å². The number of halogens is 2. The van der Waals surface area contributed by atoms with Crippen molar-refractivity contribution >= 4 is 23.2 Å². The van der Waals surface area contributed by atoms with Gasteiger partial charge in [-0.1, -0.05) is 53.0 Å². The lowest BCUT2D eigenvalue weighted by molar-refractivity contribution is 0.259. The molecule has 0 fully saturated rings. The Bertz CT molecular complexity index is 582. The van der Waals surface area contributed by atoms with Crippen LogP contribution in [-0.2, 0) is 13.2 Å². The molecule has 0 heterocycles. The van der Waals surface area contributed by atoms with Gasteiger partial charge in [-0.25, -0.2) is 0 Å². The Morgan fingerprint density at radius 1 is 1.16 bits per heavy atom. The number of aliphatic hydroxyl groups is 1. The fraction of sp³-hybridized carbons (Fsp3) is 0.200. The molecule has 19 heavy (non-hydrogen) atoms. The van der Waals surface area contributed by atoms with E-state index in [9.17, 15) is 5.11 Å². The van der Waals surface area contributed by atoms with Crippen LogP contribution in [0.25, 0.3) is 0 Å². The highest BCUT2D eigenvalue weighted by Gasteiger charge is 2.10. The van der Waals surface area contributed by atoms with E-state index in [4.69, 9.17) is 27.9 Å². The summed E-state index contributed by atoms with van der Waals surface area (Å²) in [5.41, 5.74) is 2.81. The van der Waals surface area contributed by atoms with Crippen LogP contribution in [-0.4, -0.2) is 5.11 Å². The minimum Gasteiger partial charge on any atom is -0.487 e. The molecule has 0 atom stereocenters. The Balaban J connectivity index is 2.19. The minimum absolute atomic E-state index is 0.163. The molecule has 1 N–H and O–H groups in total. The van der Waals surface area contributed by atoms with Gasteiger partial charge in [0.2, 0.25) is 0 Å². The smallest absolute Gasteiger partial charge is 0.144 e. The molecule has 0 aliphatic heterocycles. The zero-order valence-electron chi connectivity index (χ0n) is 10.5. The SMILES string of the molecule is Cc1cccc(COc2c(Cl)cc(Cl)cc2CO)c1. The normalized spacial score (nSPS) is 10.5. The van der Waals surface area contributed by atoms with E-state index >= 15 is 0 Å². The van der Waals surface area contributed by atoms with E-state index in [0.717, 1.165) is 5.56 Å². The molecule has 2 nitrogen and oxygen atoms in total. The standard InChI is InChI=1S/C15H14Cl2O2/c1-10-3-2-4-11(5-10)9-19-15-12(8-18)6-13(16)7-14(15)17/h2-7,18H,8-9H2,1H3. The quantitative estimate of drug-likeness (QED) is 0.908. The maximum Gasteiger partial charge on any atom is 0.144 e. The topological polar surface area (TPSA) is 29.5 Å². The third kappa shape index (κ3) is 3.63. The molecular formula is C15H14Cl2O2. The van der Waals surface area contributed by atoms with Gasteiger partial charge in [0.05, 0.1) is 11.6 Å². The number of aryl methyl sites for hydroxylation is 1. The Hall–Kier alpha value is -1.22. The predicted octanol–water partition coefficient (Wildman–Crippen LogP) is 4.37. The number of benzene rings is 2. The maximum atomic E-state index is 9.31. The molecule has 0 amide bonds. The Morgan fingerprint density at radius 2 is 1.95 bits per heavy atom. The second-order valence-electron chi connectivity index (χ2n) is 4.31. The van der Waals surface area contributed by atoms with Crippen LogP contribution in [0.2, 0.25) is 10.0 Å². The average molecular weight is 297 g/mol. The van der Waals surface area contributed by atoms with Crippen LogP contribution < -0.4 is 4.74 Å². The van der Waals surface area contributed by atoms with Gasteiger partial charge < -0.3 is 9.84 Å². The maximum absolute atomic E-state index is 9.31. The molecule has 0 spiro atoms. The first-order chi connectivity index (χ1) is 9.10. The van der Waals surface area contributed by atoms with Gasteiger partial charge in [-0.05, 0) is 24.6 Å². The molecule has 0 aliphatic carbocycles. The van der Waals surface area contributed by atoms with Crippen LogP contribution in [0.4, 0.5) is 0 Å². The Labute approximate surface area is 122 Å². The van der Waals surface area contributed by atoms with Crippen LogP contribution in [0.15, 0.2) is 36.4 Å². The molecule has 2 rings (SSSR count). The molecule has 0 aliphatic rings. The molecule has 2 aromatic carbocycles. The molecular weight excluding hydrogens is 283 g/mol. The number of ether oxygens (including phenoxy) is 1. The molecule has 0 radical (unpaired) electrons. The number of hydrogen-bond donors (Lipinski definition) is 1. The monoisotopic (exact) mass is 296 g/mol. The summed E-state index contributed by atoms with van der Waals surface area (Å²) in [7, 11) is 0. The van der Waals surface area contributed by atoms with Gasteiger partial charge in [0, 0.05) is 10.6 Å². The second-order valence-corrected chi connectivity index (χ2v) is 5.16. The lowest BCUT2D eigenvalue weighted by Gasteiger charge is -2.13. The summed E-state index contributed by atoms with van der Waals surface area (Å²) in [6.45, 7) is 2.26. The summed E-state index contributed by atoms with van der Waals surface area (Å²) < 4.78 is 5.70. The van der Waals surface area contributed by atoms with Crippen molar-refractivity contribution in [1.29, 1.82) is 0 Å². The van der Waals surface area contributed by atoms with E-state index in [0.29, 0.717) is 28.0 Å². The zero-order chi connectivity index (χ0) is 13.8. The van der Waals surface area contributed by atoms with Crippen molar-refractivity contribution in [3.05, 3.63) is 63.1 Å². The van der Waals surface area contributed by atoms with Gasteiger partial charge in [0.25, 0.3) is 0 Å². The van der Waals surface area contributed by atoms with Crippen molar-refractivity contribution in [1.82, 2.24) is 0 Å². The molecule has 2 aromatic rings. The number of rotatable bonds is 4. The van der Waals surface area contributed by atoms with E-state index in [1.54, 1.807) is 12.1 Å². The van der Waals surface area contributed by atoms with E-state index in [1.807, 2.05) is 31.2 Å². The minimum atomic E-state index is -0.163. The van der Waals surface area contributed by atoms with Crippen molar-refractivity contribution < 1.29 is 9.84 Å². The molecule has 0 saturated carbocycles. The first kappa shape index (κ1) is 14.2. The van der Waals surface area contributed by atoms with Crippen LogP contribution in [0.3, 0.4) is 0 Å². The molecule has 4 heteroatoms. The second kappa shape index (κ2) is 6.29. The van der Waals surface area contributed by atoms with Gasteiger partial charge >= 0.3 is 0 Å². The van der Waals surface area contributed by atoms with Crippen molar-refractivity contribution in [2.24, 2.45) is 0 Å². The van der Waals surface area contributed by atoms with Crippen LogP contribution in [0.1, 0.15) is 16.7 Å². The molecule has 0 bridgehead atoms. The van der Waals surface area contributed by atoms with Gasteiger partial charge in [0.15, 0.2) is 0 Å². The van der Waals surface area contributed by atoms with E-state index in [-0.39, 0.29) is 6.61 Å². The van der Waals surface area contributed by atoms with Crippen LogP contribution >= 0.6 is 23.2 Å². The highest BCUT2D eigenvalue weighted by molar-refractivity contribution is 6.35. The third-order valence-electron chi connectivity index (χ3n) is 2.72. The van der Waals surface area contributed by atoms with Gasteiger partial charge in [-0.2, -0.15) is 0 Å². The van der Waals surface area contributed by atoms with Gasteiger partial charge in [0.1, 0.15) is 12.4 Å². The van der Waals surface area contributed by atoms with E-state index < -0.39 is 0 Å². The van der Waals surface area contributed by atoms with E-state index in [2.05, 4.69) is 0 Å². The summed E-state index contributed by atoms with van der Waals surface area (Å²) in [4.78, 5) is 0. The highest BCUT2D eigenvalue weighted by atomic mass is 35.5. The van der Waals surface area contributed by atoms with Gasteiger partial charge in [-0.3, -0.25) is 0 Å². The third-order valence-corrected chi connectivity index (χ3v) is 3.22. The molecule has 100 valence electrons. The number of hydrogen-bond acceptors (Lipinski definition) is 2. The first-order valence-corrected chi connectivity index (χ1v) is 6.63. The van der Waals surface area contributed by atoms with Crippen molar-refractivity contribution in [3.8, 4) is 5.75 Å². The Kier molecular flexibility index (Phi) is 4.70. The molecule has 0 aromatic heterocycles. The van der Waals surface area contributed by atoms with Crippen LogP contribution in [0, 0.1) is 6.92 Å². The molecule has 0 unspecified atom stereocenters. The summed E-state index contributed by atoms with van der Waals surface area (Å²) in [6.07, 6.45) is 0. The zero-order valence-corrected chi connectivity index (χ0v) is 12.0. The summed E-state index contributed by atoms with van der Waals surface area (Å²) >= 11 is 12.0. The number of aliphatic hydroxyl groups excluding tert-OH is 1. The first-order valence-electron chi connectivity index (χ1n) is 5.87.